The molecule has 1 amide bonds. The van der Waals surface area contributed by atoms with E-state index in [0.29, 0.717) is 18.7 Å². The number of benzene rings is 2. The number of nitrogens with zero attached hydrogens (tertiary/aromatic N) is 1. The molecule has 29 heavy (non-hydrogen) atoms. The highest BCUT2D eigenvalue weighted by Crippen LogP contribution is 2.22. The molecule has 0 aliphatic carbocycles. The van der Waals surface area contributed by atoms with Crippen molar-refractivity contribution in [2.45, 2.75) is 43.5 Å². The summed E-state index contributed by atoms with van der Waals surface area (Å²) in [7, 11) is -1.99. The number of carbonyl (C=O) groups excluding carboxylic acids is 1. The fourth-order valence-electron chi connectivity index (χ4n) is 3.48. The number of hydrogen-bond donors (Lipinski definition) is 1. The topological polar surface area (TPSA) is 75.7 Å². The van der Waals surface area contributed by atoms with E-state index in [9.17, 15) is 13.2 Å². The summed E-state index contributed by atoms with van der Waals surface area (Å²) in [5.41, 5.74) is 1.27. The fraction of sp³-hybridized carbons (Fsp3) is 0.409. The van der Waals surface area contributed by atoms with Crippen LogP contribution in [0.15, 0.2) is 53.4 Å². The van der Waals surface area contributed by atoms with E-state index in [1.807, 2.05) is 31.2 Å². The first-order chi connectivity index (χ1) is 13.9. The molecule has 0 radical (unpaired) electrons. The van der Waals surface area contributed by atoms with Crippen molar-refractivity contribution in [3.8, 4) is 5.75 Å². The van der Waals surface area contributed by atoms with E-state index in [4.69, 9.17) is 4.74 Å². The zero-order chi connectivity index (χ0) is 20.9. The van der Waals surface area contributed by atoms with E-state index >= 15 is 0 Å². The second kappa shape index (κ2) is 9.41. The zero-order valence-electron chi connectivity index (χ0n) is 16.9. The molecule has 2 aromatic carbocycles. The Labute approximate surface area is 172 Å². The van der Waals surface area contributed by atoms with E-state index in [1.54, 1.807) is 25.3 Å². The molecular formula is C22H28N2O4S. The van der Waals surface area contributed by atoms with Crippen molar-refractivity contribution in [2.75, 3.05) is 20.2 Å². The molecule has 1 atom stereocenters. The highest BCUT2D eigenvalue weighted by Gasteiger charge is 2.26. The minimum atomic E-state index is -3.59. The molecule has 1 aliphatic rings. The highest BCUT2D eigenvalue weighted by molar-refractivity contribution is 7.89. The molecule has 0 aromatic heterocycles. The summed E-state index contributed by atoms with van der Waals surface area (Å²) < 4.78 is 32.7. The molecule has 0 saturated carbocycles. The highest BCUT2D eigenvalue weighted by atomic mass is 32.2. The molecular weight excluding hydrogens is 388 g/mol. The van der Waals surface area contributed by atoms with Gasteiger partial charge in [0, 0.05) is 18.7 Å². The first-order valence-corrected chi connectivity index (χ1v) is 11.4. The van der Waals surface area contributed by atoms with Crippen LogP contribution in [0.5, 0.6) is 5.75 Å². The van der Waals surface area contributed by atoms with Crippen LogP contribution in [-0.4, -0.2) is 38.8 Å². The van der Waals surface area contributed by atoms with Gasteiger partial charge in [0.05, 0.1) is 18.0 Å². The fourth-order valence-corrected chi connectivity index (χ4v) is 5.05. The van der Waals surface area contributed by atoms with Gasteiger partial charge in [-0.2, -0.15) is 4.31 Å². The summed E-state index contributed by atoms with van der Waals surface area (Å²) in [5.74, 6) is 0.444. The third kappa shape index (κ3) is 5.16. The van der Waals surface area contributed by atoms with E-state index < -0.39 is 10.0 Å². The second-order valence-electron chi connectivity index (χ2n) is 7.31. The van der Waals surface area contributed by atoms with Gasteiger partial charge in [-0.15, -0.1) is 0 Å². The van der Waals surface area contributed by atoms with Crippen LogP contribution in [0.1, 0.15) is 54.6 Å². The first-order valence-electron chi connectivity index (χ1n) is 9.97. The lowest BCUT2D eigenvalue weighted by atomic mass is 10.1. The summed E-state index contributed by atoms with van der Waals surface area (Å²) >= 11 is 0. The molecule has 2 aromatic rings. The number of sulfonamides is 1. The van der Waals surface area contributed by atoms with Crippen LogP contribution in [0.4, 0.5) is 0 Å². The number of methoxy groups -OCH3 is 1. The number of amides is 1. The van der Waals surface area contributed by atoms with Crippen molar-refractivity contribution >= 4 is 15.9 Å². The molecule has 0 spiro atoms. The smallest absolute Gasteiger partial charge is 0.251 e. The van der Waals surface area contributed by atoms with E-state index in [2.05, 4.69) is 5.32 Å². The Morgan fingerprint density at radius 2 is 1.69 bits per heavy atom. The minimum absolute atomic E-state index is 0.171. The van der Waals surface area contributed by atoms with Gasteiger partial charge in [-0.25, -0.2) is 8.42 Å². The molecule has 1 saturated heterocycles. The Morgan fingerprint density at radius 1 is 1.03 bits per heavy atom. The van der Waals surface area contributed by atoms with Gasteiger partial charge in [-0.1, -0.05) is 31.0 Å². The van der Waals surface area contributed by atoms with Gasteiger partial charge in [-0.05, 0) is 55.7 Å². The van der Waals surface area contributed by atoms with Crippen molar-refractivity contribution in [3.05, 3.63) is 59.7 Å². The number of carbonyl (C=O) groups is 1. The normalized spacial score (nSPS) is 16.6. The molecule has 0 bridgehead atoms. The molecule has 1 N–H and O–H groups in total. The van der Waals surface area contributed by atoms with Crippen molar-refractivity contribution in [1.29, 1.82) is 0 Å². The second-order valence-corrected chi connectivity index (χ2v) is 9.25. The summed E-state index contributed by atoms with van der Waals surface area (Å²) in [6.45, 7) is 2.96. The van der Waals surface area contributed by atoms with Gasteiger partial charge >= 0.3 is 0 Å². The standard InChI is InChI=1S/C22H28N2O4S/c1-17(18-10-12-20(28-2)13-11-18)23-22(25)19-8-7-9-21(16-19)29(26,27)24-14-5-3-4-6-15-24/h7-13,16-17H,3-6,14-15H2,1-2H3,(H,23,25)/t17-/m1/s1. The van der Waals surface area contributed by atoms with Gasteiger partial charge in [-0.3, -0.25) is 4.79 Å². The quantitative estimate of drug-likeness (QED) is 0.778. The lowest BCUT2D eigenvalue weighted by Gasteiger charge is -2.20. The van der Waals surface area contributed by atoms with Crippen molar-refractivity contribution < 1.29 is 17.9 Å². The van der Waals surface area contributed by atoms with Gasteiger partial charge in [0.1, 0.15) is 5.75 Å². The monoisotopic (exact) mass is 416 g/mol. The first kappa shape index (κ1) is 21.3. The number of hydrogen-bond acceptors (Lipinski definition) is 4. The number of nitrogens with one attached hydrogen (secondary N) is 1. The maximum atomic E-state index is 13.0. The third-order valence-corrected chi connectivity index (χ3v) is 7.16. The summed E-state index contributed by atoms with van der Waals surface area (Å²) in [5, 5.41) is 2.93. The van der Waals surface area contributed by atoms with E-state index in [1.165, 1.54) is 10.4 Å². The average Bonchev–Trinajstić information content (AvgIpc) is 3.04. The Kier molecular flexibility index (Phi) is 6.92. The van der Waals surface area contributed by atoms with Crippen LogP contribution in [0.25, 0.3) is 0 Å². The van der Waals surface area contributed by atoms with Crippen LogP contribution in [0, 0.1) is 0 Å². The van der Waals surface area contributed by atoms with Crippen LogP contribution in [-0.2, 0) is 10.0 Å². The zero-order valence-corrected chi connectivity index (χ0v) is 17.7. The predicted octanol–water partition coefficient (Wildman–Crippen LogP) is 3.75. The van der Waals surface area contributed by atoms with E-state index in [-0.39, 0.29) is 16.8 Å². The molecule has 3 rings (SSSR count). The van der Waals surface area contributed by atoms with Crippen molar-refractivity contribution in [3.63, 3.8) is 0 Å². The van der Waals surface area contributed by atoms with Crippen LogP contribution < -0.4 is 10.1 Å². The maximum absolute atomic E-state index is 13.0. The summed E-state index contributed by atoms with van der Waals surface area (Å²) in [6.07, 6.45) is 3.85. The van der Waals surface area contributed by atoms with Gasteiger partial charge in [0.25, 0.3) is 5.91 Å². The summed E-state index contributed by atoms with van der Waals surface area (Å²) in [6, 6.07) is 13.5. The third-order valence-electron chi connectivity index (χ3n) is 5.26. The molecule has 7 heteroatoms. The Hall–Kier alpha value is -2.38. The van der Waals surface area contributed by atoms with Gasteiger partial charge in [0.2, 0.25) is 10.0 Å². The minimum Gasteiger partial charge on any atom is -0.497 e. The lowest BCUT2D eigenvalue weighted by molar-refractivity contribution is 0.0939. The molecule has 6 nitrogen and oxygen atoms in total. The van der Waals surface area contributed by atoms with Crippen molar-refractivity contribution in [2.24, 2.45) is 0 Å². The van der Waals surface area contributed by atoms with Crippen LogP contribution >= 0.6 is 0 Å². The Bertz CT molecular complexity index is 934. The van der Waals surface area contributed by atoms with Crippen LogP contribution in [0.2, 0.25) is 0 Å². The number of rotatable bonds is 6. The predicted molar refractivity (Wildman–Crippen MR) is 113 cm³/mol. The van der Waals surface area contributed by atoms with Gasteiger partial charge < -0.3 is 10.1 Å². The molecule has 1 fully saturated rings. The molecule has 156 valence electrons. The molecule has 1 heterocycles. The molecule has 1 aliphatic heterocycles. The molecule has 0 unspecified atom stereocenters. The SMILES string of the molecule is COc1ccc([C@@H](C)NC(=O)c2cccc(S(=O)(=O)N3CCCCCC3)c2)cc1. The Morgan fingerprint density at radius 3 is 2.31 bits per heavy atom. The van der Waals surface area contributed by atoms with Crippen LogP contribution in [0.3, 0.4) is 0 Å². The largest absolute Gasteiger partial charge is 0.497 e. The lowest BCUT2D eigenvalue weighted by Crippen LogP contribution is -2.32. The number of ether oxygens (including phenoxy) is 1. The van der Waals surface area contributed by atoms with Gasteiger partial charge in [0.15, 0.2) is 0 Å². The van der Waals surface area contributed by atoms with E-state index in [0.717, 1.165) is 37.0 Å². The van der Waals surface area contributed by atoms with Crippen molar-refractivity contribution in [1.82, 2.24) is 9.62 Å². The average molecular weight is 417 g/mol. The Balaban J connectivity index is 1.74. The summed E-state index contributed by atoms with van der Waals surface area (Å²) in [4.78, 5) is 12.9. The maximum Gasteiger partial charge on any atom is 0.251 e.